The average molecular weight is 260 g/mol. The fourth-order valence-corrected chi connectivity index (χ4v) is 1.39. The lowest BCUT2D eigenvalue weighted by molar-refractivity contribution is 0.579. The molecule has 0 saturated carbocycles. The molecule has 1 rings (SSSR count). The summed E-state index contributed by atoms with van der Waals surface area (Å²) in [5.41, 5.74) is 0.182. The van der Waals surface area contributed by atoms with Gasteiger partial charge in [-0.05, 0) is 29.0 Å². The second-order valence-corrected chi connectivity index (χ2v) is 3.43. The fourth-order valence-electron chi connectivity index (χ4n) is 0.883. The molecule has 0 bridgehead atoms. The normalized spacial score (nSPS) is 9.43. The third kappa shape index (κ3) is 2.79. The molecular formula is C10H8BrF2N. The van der Waals surface area contributed by atoms with Crippen LogP contribution in [0.25, 0.3) is 0 Å². The van der Waals surface area contributed by atoms with Crippen LogP contribution in [0, 0.1) is 23.5 Å². The van der Waals surface area contributed by atoms with Crippen molar-refractivity contribution in [3.8, 4) is 11.8 Å². The average Bonchev–Trinajstić information content (AvgIpc) is 2.09. The molecule has 0 spiro atoms. The standard InChI is InChI=1S/C10H8BrF2N/c1-14-4-2-3-8-9(11)5-7(12)6-10(8)13/h5-6,14H,4H2,1H3. The van der Waals surface area contributed by atoms with Crippen LogP contribution < -0.4 is 5.32 Å². The number of halogens is 3. The van der Waals surface area contributed by atoms with Gasteiger partial charge in [0.2, 0.25) is 0 Å². The van der Waals surface area contributed by atoms with Gasteiger partial charge in [-0.2, -0.15) is 0 Å². The minimum Gasteiger partial charge on any atom is -0.309 e. The topological polar surface area (TPSA) is 12.0 Å². The third-order valence-corrected chi connectivity index (χ3v) is 2.11. The Labute approximate surface area is 89.6 Å². The Balaban J connectivity index is 3.04. The first-order valence-electron chi connectivity index (χ1n) is 3.93. The smallest absolute Gasteiger partial charge is 0.142 e. The number of hydrogen-bond donors (Lipinski definition) is 1. The highest BCUT2D eigenvalue weighted by Gasteiger charge is 2.06. The monoisotopic (exact) mass is 259 g/mol. The lowest BCUT2D eigenvalue weighted by atomic mass is 10.2. The highest BCUT2D eigenvalue weighted by molar-refractivity contribution is 9.10. The van der Waals surface area contributed by atoms with Crippen LogP contribution >= 0.6 is 15.9 Å². The maximum atomic E-state index is 13.1. The molecule has 0 aliphatic heterocycles. The van der Waals surface area contributed by atoms with E-state index in [1.807, 2.05) is 0 Å². The molecule has 74 valence electrons. The molecule has 1 aromatic rings. The van der Waals surface area contributed by atoms with Gasteiger partial charge in [-0.25, -0.2) is 8.78 Å². The summed E-state index contributed by atoms with van der Waals surface area (Å²) in [5.74, 6) is 4.04. The quantitative estimate of drug-likeness (QED) is 0.764. The van der Waals surface area contributed by atoms with Gasteiger partial charge in [-0.3, -0.25) is 0 Å². The van der Waals surface area contributed by atoms with E-state index >= 15 is 0 Å². The van der Waals surface area contributed by atoms with Gasteiger partial charge in [-0.15, -0.1) is 0 Å². The van der Waals surface area contributed by atoms with Crippen molar-refractivity contribution < 1.29 is 8.78 Å². The van der Waals surface area contributed by atoms with Crippen molar-refractivity contribution in [1.29, 1.82) is 0 Å². The zero-order valence-corrected chi connectivity index (χ0v) is 9.08. The molecule has 1 nitrogen and oxygen atoms in total. The molecule has 0 unspecified atom stereocenters. The van der Waals surface area contributed by atoms with E-state index < -0.39 is 11.6 Å². The summed E-state index contributed by atoms with van der Waals surface area (Å²) in [6.07, 6.45) is 0. The van der Waals surface area contributed by atoms with Crippen molar-refractivity contribution in [2.24, 2.45) is 0 Å². The zero-order valence-electron chi connectivity index (χ0n) is 7.50. The molecule has 1 N–H and O–H groups in total. The molecule has 0 amide bonds. The summed E-state index contributed by atoms with van der Waals surface area (Å²) < 4.78 is 26.1. The van der Waals surface area contributed by atoms with Crippen molar-refractivity contribution in [1.82, 2.24) is 5.32 Å². The molecule has 0 fully saturated rings. The Morgan fingerprint density at radius 2 is 2.14 bits per heavy atom. The molecule has 0 saturated heterocycles. The SMILES string of the molecule is CNCC#Cc1c(F)cc(F)cc1Br. The van der Waals surface area contributed by atoms with Crippen LogP contribution in [0.5, 0.6) is 0 Å². The first-order valence-corrected chi connectivity index (χ1v) is 4.72. The lowest BCUT2D eigenvalue weighted by Gasteiger charge is -1.98. The maximum Gasteiger partial charge on any atom is 0.142 e. The minimum absolute atomic E-state index is 0.182. The van der Waals surface area contributed by atoms with Gasteiger partial charge in [0.15, 0.2) is 0 Å². The van der Waals surface area contributed by atoms with Gasteiger partial charge in [0.05, 0.1) is 12.1 Å². The summed E-state index contributed by atoms with van der Waals surface area (Å²) >= 11 is 3.05. The summed E-state index contributed by atoms with van der Waals surface area (Å²) in [6.45, 7) is 0.462. The van der Waals surface area contributed by atoms with E-state index in [0.717, 1.165) is 6.07 Å². The van der Waals surface area contributed by atoms with Crippen molar-refractivity contribution in [2.75, 3.05) is 13.6 Å². The van der Waals surface area contributed by atoms with Crippen molar-refractivity contribution in [3.63, 3.8) is 0 Å². The van der Waals surface area contributed by atoms with Crippen LogP contribution in [0.4, 0.5) is 8.78 Å². The number of rotatable bonds is 1. The summed E-state index contributed by atoms with van der Waals surface area (Å²) in [4.78, 5) is 0. The molecular weight excluding hydrogens is 252 g/mol. The van der Waals surface area contributed by atoms with Gasteiger partial charge in [0.1, 0.15) is 11.6 Å². The molecule has 4 heteroatoms. The molecule has 0 radical (unpaired) electrons. The van der Waals surface area contributed by atoms with Crippen LogP contribution in [0.15, 0.2) is 16.6 Å². The Hall–Kier alpha value is -0.920. The highest BCUT2D eigenvalue weighted by atomic mass is 79.9. The van der Waals surface area contributed by atoms with E-state index in [2.05, 4.69) is 33.1 Å². The highest BCUT2D eigenvalue weighted by Crippen LogP contribution is 2.20. The second-order valence-electron chi connectivity index (χ2n) is 2.58. The van der Waals surface area contributed by atoms with Gasteiger partial charge < -0.3 is 5.32 Å². The minimum atomic E-state index is -0.652. The molecule has 14 heavy (non-hydrogen) atoms. The Morgan fingerprint density at radius 1 is 1.43 bits per heavy atom. The predicted molar refractivity (Wildman–Crippen MR) is 54.9 cm³/mol. The van der Waals surface area contributed by atoms with Crippen molar-refractivity contribution in [2.45, 2.75) is 0 Å². The van der Waals surface area contributed by atoms with Crippen LogP contribution in [0.2, 0.25) is 0 Å². The van der Waals surface area contributed by atoms with E-state index in [4.69, 9.17) is 0 Å². The van der Waals surface area contributed by atoms with E-state index in [1.165, 1.54) is 6.07 Å². The van der Waals surface area contributed by atoms with E-state index in [1.54, 1.807) is 7.05 Å². The molecule has 0 aromatic heterocycles. The fraction of sp³-hybridized carbons (Fsp3) is 0.200. The van der Waals surface area contributed by atoms with Crippen LogP contribution in [-0.4, -0.2) is 13.6 Å². The number of benzene rings is 1. The first-order chi connectivity index (χ1) is 6.65. The summed E-state index contributed by atoms with van der Waals surface area (Å²) in [6, 6.07) is 2.00. The third-order valence-electron chi connectivity index (χ3n) is 1.49. The largest absolute Gasteiger partial charge is 0.309 e. The lowest BCUT2D eigenvalue weighted by Crippen LogP contribution is -2.04. The van der Waals surface area contributed by atoms with Gasteiger partial charge >= 0.3 is 0 Å². The molecule has 0 atom stereocenters. The van der Waals surface area contributed by atoms with Crippen LogP contribution in [0.1, 0.15) is 5.56 Å². The van der Waals surface area contributed by atoms with Gasteiger partial charge in [0.25, 0.3) is 0 Å². The molecule has 0 aliphatic rings. The van der Waals surface area contributed by atoms with Crippen molar-refractivity contribution >= 4 is 15.9 Å². The van der Waals surface area contributed by atoms with Crippen LogP contribution in [-0.2, 0) is 0 Å². The summed E-state index contributed by atoms with van der Waals surface area (Å²) in [5, 5.41) is 2.80. The van der Waals surface area contributed by atoms with E-state index in [0.29, 0.717) is 11.0 Å². The maximum absolute atomic E-state index is 13.1. The van der Waals surface area contributed by atoms with E-state index in [9.17, 15) is 8.78 Å². The van der Waals surface area contributed by atoms with Crippen LogP contribution in [0.3, 0.4) is 0 Å². The predicted octanol–water partition coefficient (Wildman–Crippen LogP) is 2.30. The second kappa shape index (κ2) is 5.08. The molecule has 1 aromatic carbocycles. The zero-order chi connectivity index (χ0) is 10.6. The number of nitrogens with one attached hydrogen (secondary N) is 1. The van der Waals surface area contributed by atoms with Gasteiger partial charge in [-0.1, -0.05) is 11.8 Å². The Kier molecular flexibility index (Phi) is 4.05. The first kappa shape index (κ1) is 11.2. The Morgan fingerprint density at radius 3 is 2.71 bits per heavy atom. The van der Waals surface area contributed by atoms with E-state index in [-0.39, 0.29) is 5.56 Å². The summed E-state index contributed by atoms with van der Waals surface area (Å²) in [7, 11) is 1.74. The molecule has 0 heterocycles. The van der Waals surface area contributed by atoms with Crippen molar-refractivity contribution in [3.05, 3.63) is 33.8 Å². The Bertz CT molecular complexity index is 370. The number of hydrogen-bond acceptors (Lipinski definition) is 1. The molecule has 0 aliphatic carbocycles. The van der Waals surface area contributed by atoms with Gasteiger partial charge in [0, 0.05) is 10.5 Å².